The van der Waals surface area contributed by atoms with Crippen LogP contribution in [-0.2, 0) is 0 Å². The summed E-state index contributed by atoms with van der Waals surface area (Å²) >= 11 is 0. The van der Waals surface area contributed by atoms with Gasteiger partial charge in [0.05, 0.1) is 23.9 Å². The van der Waals surface area contributed by atoms with E-state index in [4.69, 9.17) is 9.72 Å². The molecule has 4 aromatic rings. The molecular formula is C29H27N3O3. The van der Waals surface area contributed by atoms with E-state index in [1.807, 2.05) is 83.8 Å². The Morgan fingerprint density at radius 3 is 2.26 bits per heavy atom. The van der Waals surface area contributed by atoms with E-state index in [2.05, 4.69) is 4.90 Å². The molecule has 0 N–H and O–H groups in total. The van der Waals surface area contributed by atoms with E-state index in [0.717, 1.165) is 41.0 Å². The molecule has 0 bridgehead atoms. The zero-order valence-electron chi connectivity index (χ0n) is 19.9. The van der Waals surface area contributed by atoms with E-state index in [1.54, 1.807) is 14.0 Å². The summed E-state index contributed by atoms with van der Waals surface area (Å²) in [5, 5.41) is 0.846. The van der Waals surface area contributed by atoms with Gasteiger partial charge in [0.25, 0.3) is 5.91 Å². The molecule has 35 heavy (non-hydrogen) atoms. The van der Waals surface area contributed by atoms with E-state index < -0.39 is 0 Å². The highest BCUT2D eigenvalue weighted by Gasteiger charge is 2.25. The summed E-state index contributed by atoms with van der Waals surface area (Å²) in [5.74, 6) is 0.786. The molecule has 1 amide bonds. The lowest BCUT2D eigenvalue weighted by Crippen LogP contribution is -2.48. The summed E-state index contributed by atoms with van der Waals surface area (Å²) in [7, 11) is 1.64. The lowest BCUT2D eigenvalue weighted by Gasteiger charge is -2.36. The number of hydrogen-bond donors (Lipinski definition) is 0. The van der Waals surface area contributed by atoms with E-state index in [9.17, 15) is 9.59 Å². The normalized spacial score (nSPS) is 13.7. The zero-order chi connectivity index (χ0) is 24.4. The molecule has 1 fully saturated rings. The summed E-state index contributed by atoms with van der Waals surface area (Å²) in [5.41, 5.74) is 4.77. The van der Waals surface area contributed by atoms with Crippen LogP contribution >= 0.6 is 0 Å². The molecule has 176 valence electrons. The number of ketones is 1. The summed E-state index contributed by atoms with van der Waals surface area (Å²) in [6, 6.07) is 25.0. The minimum absolute atomic E-state index is 0.00586. The third-order valence-electron chi connectivity index (χ3n) is 6.54. The van der Waals surface area contributed by atoms with E-state index in [0.29, 0.717) is 29.9 Å². The van der Waals surface area contributed by atoms with Gasteiger partial charge < -0.3 is 14.5 Å². The number of carbonyl (C=O) groups is 2. The third kappa shape index (κ3) is 4.47. The topological polar surface area (TPSA) is 62.7 Å². The number of nitrogens with zero attached hydrogens (tertiary/aromatic N) is 3. The van der Waals surface area contributed by atoms with Crippen molar-refractivity contribution in [1.29, 1.82) is 0 Å². The Labute approximate surface area is 204 Å². The van der Waals surface area contributed by atoms with Gasteiger partial charge in [-0.15, -0.1) is 0 Å². The standard InChI is InChI=1S/C29H27N3O3/c1-20(33)21-11-13-22(14-12-21)31-15-17-32(18-16-31)29(34)25-19-27(24-8-4-6-10-28(24)35-2)30-26-9-5-3-7-23(25)26/h3-14,19H,15-18H2,1-2H3. The van der Waals surface area contributed by atoms with Crippen molar-refractivity contribution in [3.63, 3.8) is 0 Å². The molecule has 1 aliphatic rings. The number of para-hydroxylation sites is 2. The van der Waals surface area contributed by atoms with Crippen LogP contribution in [0.3, 0.4) is 0 Å². The molecule has 0 aliphatic carbocycles. The van der Waals surface area contributed by atoms with Crippen molar-refractivity contribution in [2.45, 2.75) is 6.92 Å². The van der Waals surface area contributed by atoms with E-state index in [1.165, 1.54) is 0 Å². The van der Waals surface area contributed by atoms with Gasteiger partial charge >= 0.3 is 0 Å². The number of rotatable bonds is 5. The summed E-state index contributed by atoms with van der Waals surface area (Å²) in [6.45, 7) is 4.27. The van der Waals surface area contributed by atoms with E-state index in [-0.39, 0.29) is 11.7 Å². The molecule has 3 aromatic carbocycles. The minimum Gasteiger partial charge on any atom is -0.496 e. The van der Waals surface area contributed by atoms with Crippen LogP contribution in [0.15, 0.2) is 78.9 Å². The Balaban J connectivity index is 1.41. The van der Waals surface area contributed by atoms with Crippen LogP contribution in [0, 0.1) is 0 Å². The molecule has 1 aromatic heterocycles. The molecule has 1 aliphatic heterocycles. The maximum Gasteiger partial charge on any atom is 0.254 e. The fourth-order valence-electron chi connectivity index (χ4n) is 4.59. The van der Waals surface area contributed by atoms with Crippen molar-refractivity contribution < 1.29 is 14.3 Å². The zero-order valence-corrected chi connectivity index (χ0v) is 19.9. The van der Waals surface area contributed by atoms with Crippen LogP contribution in [0.4, 0.5) is 5.69 Å². The van der Waals surface area contributed by atoms with Gasteiger partial charge in [0, 0.05) is 48.4 Å². The van der Waals surface area contributed by atoms with Crippen molar-refractivity contribution in [2.75, 3.05) is 38.2 Å². The number of aromatic nitrogens is 1. The van der Waals surface area contributed by atoms with Crippen LogP contribution in [0.2, 0.25) is 0 Å². The monoisotopic (exact) mass is 465 g/mol. The Morgan fingerprint density at radius 2 is 1.54 bits per heavy atom. The second-order valence-electron chi connectivity index (χ2n) is 8.65. The number of amides is 1. The average Bonchev–Trinajstić information content (AvgIpc) is 2.92. The van der Waals surface area contributed by atoms with Gasteiger partial charge in [0.1, 0.15) is 5.75 Å². The predicted octanol–water partition coefficient (Wildman–Crippen LogP) is 5.08. The smallest absolute Gasteiger partial charge is 0.254 e. The Bertz CT molecular complexity index is 1390. The lowest BCUT2D eigenvalue weighted by molar-refractivity contribution is 0.0748. The highest BCUT2D eigenvalue weighted by molar-refractivity contribution is 6.07. The quantitative estimate of drug-likeness (QED) is 0.385. The highest BCUT2D eigenvalue weighted by atomic mass is 16.5. The van der Waals surface area contributed by atoms with E-state index >= 15 is 0 Å². The number of hydrogen-bond acceptors (Lipinski definition) is 5. The molecule has 0 unspecified atom stereocenters. The Morgan fingerprint density at radius 1 is 0.857 bits per heavy atom. The third-order valence-corrected chi connectivity index (χ3v) is 6.54. The number of piperazine rings is 1. The first-order valence-corrected chi connectivity index (χ1v) is 11.7. The molecule has 2 heterocycles. The SMILES string of the molecule is COc1ccccc1-c1cc(C(=O)N2CCN(c3ccc(C(C)=O)cc3)CC2)c2ccccc2n1. The summed E-state index contributed by atoms with van der Waals surface area (Å²) < 4.78 is 5.54. The molecule has 6 nitrogen and oxygen atoms in total. The van der Waals surface area contributed by atoms with Gasteiger partial charge in [-0.2, -0.15) is 0 Å². The number of fused-ring (bicyclic) bond motifs is 1. The van der Waals surface area contributed by atoms with Gasteiger partial charge in [0.2, 0.25) is 0 Å². The molecule has 1 saturated heterocycles. The maximum atomic E-state index is 13.7. The summed E-state index contributed by atoms with van der Waals surface area (Å²) in [6.07, 6.45) is 0. The van der Waals surface area contributed by atoms with Crippen molar-refractivity contribution in [1.82, 2.24) is 9.88 Å². The molecule has 0 saturated carbocycles. The number of Topliss-reactive ketones (excluding diaryl/α,β-unsaturated/α-hetero) is 1. The lowest BCUT2D eigenvalue weighted by atomic mass is 10.0. The number of benzene rings is 3. The fraction of sp³-hybridized carbons (Fsp3) is 0.207. The average molecular weight is 466 g/mol. The van der Waals surface area contributed by atoms with Gasteiger partial charge in [0.15, 0.2) is 5.78 Å². The second kappa shape index (κ2) is 9.58. The number of pyridine rings is 1. The first kappa shape index (κ1) is 22.6. The summed E-state index contributed by atoms with van der Waals surface area (Å²) in [4.78, 5) is 34.3. The van der Waals surface area contributed by atoms with Crippen molar-refractivity contribution >= 4 is 28.3 Å². The van der Waals surface area contributed by atoms with Gasteiger partial charge in [-0.25, -0.2) is 4.98 Å². The molecule has 0 atom stereocenters. The van der Waals surface area contributed by atoms with Crippen LogP contribution in [0.5, 0.6) is 5.75 Å². The van der Waals surface area contributed by atoms with Crippen LogP contribution in [0.1, 0.15) is 27.6 Å². The number of ether oxygens (including phenoxy) is 1. The molecule has 5 rings (SSSR count). The van der Waals surface area contributed by atoms with Crippen LogP contribution in [0.25, 0.3) is 22.2 Å². The maximum absolute atomic E-state index is 13.7. The van der Waals surface area contributed by atoms with Crippen molar-refractivity contribution in [3.8, 4) is 17.0 Å². The predicted molar refractivity (Wildman–Crippen MR) is 138 cm³/mol. The number of anilines is 1. The first-order chi connectivity index (χ1) is 17.0. The number of methoxy groups -OCH3 is 1. The van der Waals surface area contributed by atoms with Gasteiger partial charge in [-0.05, 0) is 55.5 Å². The first-order valence-electron chi connectivity index (χ1n) is 11.7. The fourth-order valence-corrected chi connectivity index (χ4v) is 4.59. The molecule has 0 spiro atoms. The number of carbonyl (C=O) groups excluding carboxylic acids is 2. The molecule has 6 heteroatoms. The minimum atomic E-state index is 0.00586. The van der Waals surface area contributed by atoms with Crippen LogP contribution < -0.4 is 9.64 Å². The largest absolute Gasteiger partial charge is 0.496 e. The highest BCUT2D eigenvalue weighted by Crippen LogP contribution is 2.32. The second-order valence-corrected chi connectivity index (χ2v) is 8.65. The molecule has 0 radical (unpaired) electrons. The van der Waals surface area contributed by atoms with Crippen molar-refractivity contribution in [3.05, 3.63) is 90.0 Å². The Kier molecular flexibility index (Phi) is 6.19. The van der Waals surface area contributed by atoms with Gasteiger partial charge in [-0.1, -0.05) is 30.3 Å². The molecular weight excluding hydrogens is 438 g/mol. The van der Waals surface area contributed by atoms with Crippen molar-refractivity contribution in [2.24, 2.45) is 0 Å². The van der Waals surface area contributed by atoms with Gasteiger partial charge in [-0.3, -0.25) is 9.59 Å². The van der Waals surface area contributed by atoms with Crippen LogP contribution in [-0.4, -0.2) is 54.9 Å². The Hall–Kier alpha value is -4.19.